The number of benzene rings is 1. The van der Waals surface area contributed by atoms with E-state index in [4.69, 9.17) is 24.7 Å². The smallest absolute Gasteiger partial charge is 0.437 e. The second-order valence-electron chi connectivity index (χ2n) is 11.2. The van der Waals surface area contributed by atoms with E-state index in [1.807, 2.05) is 6.92 Å². The fourth-order valence-corrected chi connectivity index (χ4v) is 3.05. The highest BCUT2D eigenvalue weighted by Crippen LogP contribution is 2.33. The lowest BCUT2D eigenvalue weighted by atomic mass is 10.1. The predicted octanol–water partition coefficient (Wildman–Crippen LogP) is 5.44. The molecule has 0 radical (unpaired) electrons. The second-order valence-corrected chi connectivity index (χ2v) is 11.2. The van der Waals surface area contributed by atoms with Gasteiger partial charge in [-0.15, -0.1) is 4.99 Å². The summed E-state index contributed by atoms with van der Waals surface area (Å²) >= 11 is 0. The summed E-state index contributed by atoms with van der Waals surface area (Å²) in [6.45, 7) is 17.3. The molecule has 0 unspecified atom stereocenters. The zero-order valence-electron chi connectivity index (χ0n) is 23.9. The van der Waals surface area contributed by atoms with Crippen LogP contribution in [-0.4, -0.2) is 59.6 Å². The maximum Gasteiger partial charge on any atom is 0.437 e. The molecule has 0 aliphatic carbocycles. The van der Waals surface area contributed by atoms with Gasteiger partial charge in [0.05, 0.1) is 19.3 Å². The molecule has 0 aliphatic rings. The minimum atomic E-state index is -0.868. The Labute approximate surface area is 219 Å². The number of amides is 3. The van der Waals surface area contributed by atoms with E-state index in [-0.39, 0.29) is 12.5 Å². The number of nitrogens with two attached hydrogens (primary N) is 1. The molecule has 1 aromatic carbocycles. The molecule has 0 atom stereocenters. The van der Waals surface area contributed by atoms with Crippen LogP contribution in [0.15, 0.2) is 23.2 Å². The number of imide groups is 1. The highest BCUT2D eigenvalue weighted by atomic mass is 16.6. The van der Waals surface area contributed by atoms with E-state index in [0.29, 0.717) is 23.5 Å². The van der Waals surface area contributed by atoms with Gasteiger partial charge in [0.15, 0.2) is 0 Å². The number of methoxy groups -OCH3 is 1. The third-order valence-corrected chi connectivity index (χ3v) is 4.32. The van der Waals surface area contributed by atoms with Gasteiger partial charge in [0.2, 0.25) is 5.96 Å². The molecule has 208 valence electrons. The number of ether oxygens (including phenoxy) is 4. The van der Waals surface area contributed by atoms with Gasteiger partial charge in [-0.3, -0.25) is 0 Å². The molecule has 0 aliphatic heterocycles. The average Bonchev–Trinajstić information content (AvgIpc) is 2.68. The van der Waals surface area contributed by atoms with Gasteiger partial charge >= 0.3 is 18.3 Å². The molecule has 1 rings (SSSR count). The predicted molar refractivity (Wildman–Crippen MR) is 142 cm³/mol. The molecule has 0 bridgehead atoms. The minimum Gasteiger partial charge on any atom is -0.494 e. The number of para-hydroxylation sites is 1. The van der Waals surface area contributed by atoms with Crippen molar-refractivity contribution >= 4 is 29.9 Å². The van der Waals surface area contributed by atoms with Gasteiger partial charge < -0.3 is 29.6 Å². The number of anilines is 1. The lowest BCUT2D eigenvalue weighted by molar-refractivity contribution is -0.000377. The summed E-state index contributed by atoms with van der Waals surface area (Å²) in [5.41, 5.74) is 4.69. The molecule has 0 saturated carbocycles. The number of hydrogen-bond acceptors (Lipinski definition) is 7. The molecule has 0 fully saturated rings. The SMILES string of the molecule is CCN(C(N)=NC(=O)OC(C)(C)C)c1cccc(CN(C(=O)OC(C)(C)C)C(=O)OC(C)(C)C)c1OC. The normalized spacial score (nSPS) is 12.5. The van der Waals surface area contributed by atoms with E-state index in [2.05, 4.69) is 4.99 Å². The lowest BCUT2D eigenvalue weighted by Crippen LogP contribution is -2.43. The summed E-state index contributed by atoms with van der Waals surface area (Å²) in [6, 6.07) is 5.12. The topological polar surface area (TPSA) is 133 Å². The molecule has 0 spiro atoms. The van der Waals surface area contributed by atoms with Crippen LogP contribution in [0.1, 0.15) is 74.8 Å². The standard InChI is InChI=1S/C26H42N4O7/c1-12-29(20(27)28-21(31)35-24(2,3)4)18-15-13-14-17(19(18)34-11)16-30(22(32)36-25(5,6)7)23(33)37-26(8,9)10/h13-15H,12,16H2,1-11H3,(H2,27,28,31). The Kier molecular flexibility index (Phi) is 10.4. The van der Waals surface area contributed by atoms with Crippen molar-refractivity contribution in [3.63, 3.8) is 0 Å². The van der Waals surface area contributed by atoms with Crippen LogP contribution in [-0.2, 0) is 20.8 Å². The van der Waals surface area contributed by atoms with Gasteiger partial charge in [-0.2, -0.15) is 0 Å². The third kappa shape index (κ3) is 10.6. The van der Waals surface area contributed by atoms with Crippen molar-refractivity contribution in [2.45, 2.75) is 92.6 Å². The molecule has 0 saturated heterocycles. The summed E-state index contributed by atoms with van der Waals surface area (Å²) < 4.78 is 21.8. The lowest BCUT2D eigenvalue weighted by Gasteiger charge is -2.30. The van der Waals surface area contributed by atoms with Crippen LogP contribution < -0.4 is 15.4 Å². The van der Waals surface area contributed by atoms with Crippen LogP contribution in [0, 0.1) is 0 Å². The molecule has 3 amide bonds. The Hall–Kier alpha value is -3.50. The molecule has 0 heterocycles. The van der Waals surface area contributed by atoms with Crippen molar-refractivity contribution in [1.29, 1.82) is 0 Å². The molecule has 0 aromatic heterocycles. The van der Waals surface area contributed by atoms with Gasteiger partial charge in [0.25, 0.3) is 0 Å². The molecule has 11 nitrogen and oxygen atoms in total. The fourth-order valence-electron chi connectivity index (χ4n) is 3.05. The van der Waals surface area contributed by atoms with E-state index < -0.39 is 35.1 Å². The van der Waals surface area contributed by atoms with Crippen molar-refractivity contribution in [3.8, 4) is 5.75 Å². The molecular formula is C26H42N4O7. The van der Waals surface area contributed by atoms with Crippen molar-refractivity contribution < 1.29 is 33.3 Å². The zero-order valence-corrected chi connectivity index (χ0v) is 23.9. The first-order valence-corrected chi connectivity index (χ1v) is 12.0. The first kappa shape index (κ1) is 31.5. The van der Waals surface area contributed by atoms with E-state index in [1.165, 1.54) is 7.11 Å². The Morgan fingerprint density at radius 3 is 1.76 bits per heavy atom. The first-order chi connectivity index (χ1) is 16.8. The van der Waals surface area contributed by atoms with E-state index in [1.54, 1.807) is 85.4 Å². The fraction of sp³-hybridized carbons (Fsp3) is 0.615. The van der Waals surface area contributed by atoms with Gasteiger partial charge in [0.1, 0.15) is 22.6 Å². The molecule has 11 heteroatoms. The van der Waals surface area contributed by atoms with E-state index >= 15 is 0 Å². The highest BCUT2D eigenvalue weighted by Gasteiger charge is 2.32. The van der Waals surface area contributed by atoms with Crippen molar-refractivity contribution in [2.75, 3.05) is 18.6 Å². The number of aliphatic imine (C=N–C) groups is 1. The van der Waals surface area contributed by atoms with Crippen molar-refractivity contribution in [1.82, 2.24) is 4.90 Å². The maximum atomic E-state index is 13.0. The number of carbonyl (C=O) groups is 3. The summed E-state index contributed by atoms with van der Waals surface area (Å²) in [5.74, 6) is 0.215. The van der Waals surface area contributed by atoms with Crippen LogP contribution in [0.3, 0.4) is 0 Å². The molecule has 1 aromatic rings. The summed E-state index contributed by atoms with van der Waals surface area (Å²) in [7, 11) is 1.45. The number of guanidine groups is 1. The van der Waals surface area contributed by atoms with Gasteiger partial charge in [-0.25, -0.2) is 19.3 Å². The first-order valence-electron chi connectivity index (χ1n) is 12.0. The summed E-state index contributed by atoms with van der Waals surface area (Å²) in [4.78, 5) is 44.4. The summed E-state index contributed by atoms with van der Waals surface area (Å²) in [6.07, 6.45) is -2.57. The Morgan fingerprint density at radius 2 is 1.35 bits per heavy atom. The number of carbonyl (C=O) groups excluding carboxylic acids is 3. The zero-order chi connectivity index (χ0) is 28.8. The average molecular weight is 523 g/mol. The largest absolute Gasteiger partial charge is 0.494 e. The number of rotatable bonds is 5. The maximum absolute atomic E-state index is 13.0. The monoisotopic (exact) mass is 522 g/mol. The quantitative estimate of drug-likeness (QED) is 0.305. The molecule has 2 N–H and O–H groups in total. The van der Waals surface area contributed by atoms with Gasteiger partial charge in [-0.05, 0) is 75.3 Å². The number of nitrogens with zero attached hydrogens (tertiary/aromatic N) is 3. The minimum absolute atomic E-state index is 0.108. The third-order valence-electron chi connectivity index (χ3n) is 4.32. The van der Waals surface area contributed by atoms with E-state index in [0.717, 1.165) is 4.90 Å². The van der Waals surface area contributed by atoms with Crippen LogP contribution in [0.4, 0.5) is 20.1 Å². The molecule has 37 heavy (non-hydrogen) atoms. The Bertz CT molecular complexity index is 974. The van der Waals surface area contributed by atoms with Crippen molar-refractivity contribution in [2.24, 2.45) is 10.7 Å². The van der Waals surface area contributed by atoms with Crippen LogP contribution >= 0.6 is 0 Å². The Morgan fingerprint density at radius 1 is 0.865 bits per heavy atom. The van der Waals surface area contributed by atoms with Crippen LogP contribution in [0.5, 0.6) is 5.75 Å². The van der Waals surface area contributed by atoms with Crippen molar-refractivity contribution in [3.05, 3.63) is 23.8 Å². The van der Waals surface area contributed by atoms with E-state index in [9.17, 15) is 14.4 Å². The van der Waals surface area contributed by atoms with Gasteiger partial charge in [0, 0.05) is 12.1 Å². The second kappa shape index (κ2) is 12.2. The van der Waals surface area contributed by atoms with Gasteiger partial charge in [-0.1, -0.05) is 12.1 Å². The van der Waals surface area contributed by atoms with Crippen LogP contribution in [0.25, 0.3) is 0 Å². The highest BCUT2D eigenvalue weighted by molar-refractivity contribution is 6.01. The number of hydrogen-bond donors (Lipinski definition) is 1. The Balaban J connectivity index is 3.47. The van der Waals surface area contributed by atoms with Crippen LogP contribution in [0.2, 0.25) is 0 Å². The molecular weight excluding hydrogens is 480 g/mol. The summed E-state index contributed by atoms with van der Waals surface area (Å²) in [5, 5.41) is 0.